The van der Waals surface area contributed by atoms with Crippen LogP contribution < -0.4 is 5.73 Å². The molecule has 0 heterocycles. The summed E-state index contributed by atoms with van der Waals surface area (Å²) in [5, 5.41) is 0. The molecule has 0 aromatic carbocycles. The molecule has 13 heavy (non-hydrogen) atoms. The van der Waals surface area contributed by atoms with E-state index in [2.05, 4.69) is 4.74 Å². The Balaban J connectivity index is 3.74. The van der Waals surface area contributed by atoms with Crippen LogP contribution in [-0.2, 0) is 9.53 Å². The monoisotopic (exact) mass is 217 g/mol. The first-order valence-electron chi connectivity index (χ1n) is 3.49. The lowest BCUT2D eigenvalue weighted by atomic mass is 10.4. The second-order valence-electron chi connectivity index (χ2n) is 2.12. The Bertz CT molecular complexity index is 174. The number of ether oxygens (including phenoxy) is 1. The minimum atomic E-state index is -4.36. The summed E-state index contributed by atoms with van der Waals surface area (Å²) < 4.78 is 39.3. The molecule has 0 aromatic rings. The first-order valence-corrected chi connectivity index (χ1v) is 4.48. The average Bonchev–Trinajstić information content (AvgIpc) is 1.99. The van der Waals surface area contributed by atoms with E-state index in [1.54, 1.807) is 6.92 Å². The SMILES string of the molecule is CCOC(=O)C(N)CSC(F)(F)F. The highest BCUT2D eigenvalue weighted by molar-refractivity contribution is 8.00. The maximum Gasteiger partial charge on any atom is 0.441 e. The van der Waals surface area contributed by atoms with Gasteiger partial charge in [0, 0.05) is 5.75 Å². The molecular formula is C6H10F3NO2S. The summed E-state index contributed by atoms with van der Waals surface area (Å²) in [6, 6.07) is -1.22. The van der Waals surface area contributed by atoms with Crippen LogP contribution in [0.15, 0.2) is 0 Å². The van der Waals surface area contributed by atoms with E-state index < -0.39 is 23.3 Å². The van der Waals surface area contributed by atoms with Crippen LogP contribution in [0.2, 0.25) is 0 Å². The first-order chi connectivity index (χ1) is 5.87. The highest BCUT2D eigenvalue weighted by Gasteiger charge is 2.30. The number of rotatable bonds is 4. The van der Waals surface area contributed by atoms with Gasteiger partial charge in [-0.05, 0) is 18.7 Å². The smallest absolute Gasteiger partial charge is 0.441 e. The standard InChI is InChI=1S/C6H10F3NO2S/c1-2-12-5(11)4(10)3-13-6(7,8)9/h4H,2-3,10H2,1H3. The second kappa shape index (κ2) is 5.33. The fourth-order valence-electron chi connectivity index (χ4n) is 0.502. The minimum Gasteiger partial charge on any atom is -0.465 e. The van der Waals surface area contributed by atoms with E-state index >= 15 is 0 Å². The zero-order valence-electron chi connectivity index (χ0n) is 6.93. The summed E-state index contributed by atoms with van der Waals surface area (Å²) in [6.45, 7) is 1.67. The molecular weight excluding hydrogens is 207 g/mol. The third kappa shape index (κ3) is 6.71. The van der Waals surface area contributed by atoms with E-state index in [4.69, 9.17) is 5.73 Å². The van der Waals surface area contributed by atoms with Gasteiger partial charge in [-0.3, -0.25) is 4.79 Å². The number of carbonyl (C=O) groups is 1. The Morgan fingerprint density at radius 3 is 2.54 bits per heavy atom. The third-order valence-corrected chi connectivity index (χ3v) is 1.87. The van der Waals surface area contributed by atoms with Crippen molar-refractivity contribution in [2.75, 3.05) is 12.4 Å². The summed E-state index contributed by atoms with van der Waals surface area (Å²) in [4.78, 5) is 10.7. The normalized spacial score (nSPS) is 13.9. The number of alkyl halides is 3. The van der Waals surface area contributed by atoms with E-state index in [1.165, 1.54) is 0 Å². The summed E-state index contributed by atoms with van der Waals surface area (Å²) in [7, 11) is 0. The van der Waals surface area contributed by atoms with Crippen molar-refractivity contribution in [1.82, 2.24) is 0 Å². The van der Waals surface area contributed by atoms with Crippen LogP contribution in [0.1, 0.15) is 6.92 Å². The molecule has 7 heteroatoms. The summed E-state index contributed by atoms with van der Waals surface area (Å²) in [5.41, 5.74) is 0.758. The van der Waals surface area contributed by atoms with Gasteiger partial charge in [0.2, 0.25) is 0 Å². The van der Waals surface area contributed by atoms with Gasteiger partial charge in [-0.15, -0.1) is 0 Å². The lowest BCUT2D eigenvalue weighted by molar-refractivity contribution is -0.144. The average molecular weight is 217 g/mol. The molecule has 0 amide bonds. The van der Waals surface area contributed by atoms with Gasteiger partial charge in [-0.25, -0.2) is 0 Å². The predicted molar refractivity (Wildman–Crippen MR) is 43.1 cm³/mol. The van der Waals surface area contributed by atoms with E-state index in [0.717, 1.165) is 0 Å². The lowest BCUT2D eigenvalue weighted by Gasteiger charge is -2.11. The highest BCUT2D eigenvalue weighted by Crippen LogP contribution is 2.30. The maximum absolute atomic E-state index is 11.6. The Hall–Kier alpha value is -0.430. The van der Waals surface area contributed by atoms with Crippen molar-refractivity contribution in [2.24, 2.45) is 5.73 Å². The lowest BCUT2D eigenvalue weighted by Crippen LogP contribution is -2.35. The van der Waals surface area contributed by atoms with Gasteiger partial charge in [0.25, 0.3) is 0 Å². The molecule has 0 aromatic heterocycles. The van der Waals surface area contributed by atoms with Crippen LogP contribution in [0.4, 0.5) is 13.2 Å². The molecule has 1 unspecified atom stereocenters. The van der Waals surface area contributed by atoms with Crippen LogP contribution in [0.25, 0.3) is 0 Å². The van der Waals surface area contributed by atoms with Crippen molar-refractivity contribution in [3.8, 4) is 0 Å². The summed E-state index contributed by atoms with van der Waals surface area (Å²) in [6.07, 6.45) is 0. The van der Waals surface area contributed by atoms with Crippen LogP contribution in [0, 0.1) is 0 Å². The molecule has 78 valence electrons. The summed E-state index contributed by atoms with van der Waals surface area (Å²) in [5.74, 6) is -1.32. The number of carbonyl (C=O) groups excluding carboxylic acids is 1. The van der Waals surface area contributed by atoms with Crippen molar-refractivity contribution in [2.45, 2.75) is 18.5 Å². The topological polar surface area (TPSA) is 52.3 Å². The third-order valence-electron chi connectivity index (χ3n) is 1.02. The molecule has 0 bridgehead atoms. The number of thioether (sulfide) groups is 1. The maximum atomic E-state index is 11.6. The Labute approximate surface area is 77.8 Å². The Kier molecular flexibility index (Phi) is 5.16. The van der Waals surface area contributed by atoms with E-state index in [0.29, 0.717) is 0 Å². The summed E-state index contributed by atoms with van der Waals surface area (Å²) >= 11 is -0.330. The van der Waals surface area contributed by atoms with Gasteiger partial charge < -0.3 is 10.5 Å². The molecule has 0 rings (SSSR count). The number of hydrogen-bond acceptors (Lipinski definition) is 4. The molecule has 1 atom stereocenters. The zero-order valence-corrected chi connectivity index (χ0v) is 7.74. The molecule has 0 spiro atoms. The highest BCUT2D eigenvalue weighted by atomic mass is 32.2. The largest absolute Gasteiger partial charge is 0.465 e. The van der Waals surface area contributed by atoms with Crippen LogP contribution in [0.5, 0.6) is 0 Å². The minimum absolute atomic E-state index is 0.114. The number of esters is 1. The van der Waals surface area contributed by atoms with E-state index in [9.17, 15) is 18.0 Å². The number of nitrogens with two attached hydrogens (primary N) is 1. The molecule has 0 radical (unpaired) electrons. The molecule has 0 saturated heterocycles. The van der Waals surface area contributed by atoms with Crippen molar-refractivity contribution in [1.29, 1.82) is 0 Å². The van der Waals surface area contributed by atoms with Gasteiger partial charge in [0.05, 0.1) is 6.61 Å². The van der Waals surface area contributed by atoms with E-state index in [1.807, 2.05) is 0 Å². The van der Waals surface area contributed by atoms with Crippen LogP contribution in [0.3, 0.4) is 0 Å². The number of hydrogen-bond donors (Lipinski definition) is 1. The van der Waals surface area contributed by atoms with Gasteiger partial charge in [-0.1, -0.05) is 0 Å². The van der Waals surface area contributed by atoms with Crippen molar-refractivity contribution in [3.63, 3.8) is 0 Å². The van der Waals surface area contributed by atoms with Crippen molar-refractivity contribution >= 4 is 17.7 Å². The van der Waals surface area contributed by atoms with Gasteiger partial charge in [-0.2, -0.15) is 13.2 Å². The first kappa shape index (κ1) is 12.6. The Morgan fingerprint density at radius 1 is 1.62 bits per heavy atom. The molecule has 2 N–H and O–H groups in total. The fraction of sp³-hybridized carbons (Fsp3) is 0.833. The quantitative estimate of drug-likeness (QED) is 0.717. The number of halogens is 3. The molecule has 0 aliphatic heterocycles. The van der Waals surface area contributed by atoms with Gasteiger partial charge in [0.15, 0.2) is 0 Å². The van der Waals surface area contributed by atoms with Crippen molar-refractivity contribution in [3.05, 3.63) is 0 Å². The molecule has 0 aliphatic rings. The zero-order chi connectivity index (χ0) is 10.5. The predicted octanol–water partition coefficient (Wildman–Crippen LogP) is 1.13. The molecule has 3 nitrogen and oxygen atoms in total. The van der Waals surface area contributed by atoms with Crippen LogP contribution in [-0.4, -0.2) is 29.9 Å². The van der Waals surface area contributed by atoms with Crippen molar-refractivity contribution < 1.29 is 22.7 Å². The van der Waals surface area contributed by atoms with E-state index in [-0.39, 0.29) is 18.4 Å². The fourth-order valence-corrected chi connectivity index (χ4v) is 1.01. The van der Waals surface area contributed by atoms with Gasteiger partial charge in [0.1, 0.15) is 6.04 Å². The molecule has 0 saturated carbocycles. The van der Waals surface area contributed by atoms with Crippen LogP contribution >= 0.6 is 11.8 Å². The second-order valence-corrected chi connectivity index (χ2v) is 3.20. The Morgan fingerprint density at radius 2 is 2.15 bits per heavy atom. The molecule has 0 fully saturated rings. The van der Waals surface area contributed by atoms with Gasteiger partial charge >= 0.3 is 11.5 Å². The molecule has 0 aliphatic carbocycles.